The van der Waals surface area contributed by atoms with Crippen LogP contribution in [0.2, 0.25) is 0 Å². The molecule has 14 heavy (non-hydrogen) atoms. The van der Waals surface area contributed by atoms with Crippen LogP contribution in [-0.4, -0.2) is 36.2 Å². The number of ether oxygens (including phenoxy) is 1. The van der Waals surface area contributed by atoms with E-state index in [2.05, 4.69) is 5.32 Å². The Morgan fingerprint density at radius 1 is 1.50 bits per heavy atom. The van der Waals surface area contributed by atoms with Gasteiger partial charge in [0.15, 0.2) is 0 Å². The molecule has 1 saturated carbocycles. The zero-order valence-corrected chi connectivity index (χ0v) is 8.21. The molecular weight excluding hydrogens is 186 g/mol. The highest BCUT2D eigenvalue weighted by atomic mass is 16.5. The Morgan fingerprint density at radius 2 is 2.14 bits per heavy atom. The number of hydrogen-bond acceptors (Lipinski definition) is 3. The van der Waals surface area contributed by atoms with Gasteiger partial charge in [0.05, 0.1) is 6.61 Å². The standard InChI is InChI=1S/C9H15NO4/c1-14-6-3-7(11)10-9(8(12)13)4-2-5-9/h2-6H2,1H3,(H,10,11)(H,12,13). The number of carbonyl (C=O) groups excluding carboxylic acids is 1. The number of hydrogen-bond donors (Lipinski definition) is 2. The number of amides is 1. The van der Waals surface area contributed by atoms with Crippen molar-refractivity contribution in [2.45, 2.75) is 31.2 Å². The Hall–Kier alpha value is -1.10. The van der Waals surface area contributed by atoms with Gasteiger partial charge in [-0.3, -0.25) is 4.79 Å². The highest BCUT2D eigenvalue weighted by molar-refractivity contribution is 5.87. The average Bonchev–Trinajstić information content (AvgIpc) is 2.07. The Bertz CT molecular complexity index is 235. The van der Waals surface area contributed by atoms with Crippen molar-refractivity contribution in [3.05, 3.63) is 0 Å². The minimum Gasteiger partial charge on any atom is -0.480 e. The van der Waals surface area contributed by atoms with Gasteiger partial charge in [-0.2, -0.15) is 0 Å². The Morgan fingerprint density at radius 3 is 2.50 bits per heavy atom. The molecule has 0 radical (unpaired) electrons. The summed E-state index contributed by atoms with van der Waals surface area (Å²) in [5, 5.41) is 11.5. The maximum Gasteiger partial charge on any atom is 0.329 e. The lowest BCUT2D eigenvalue weighted by Crippen LogP contribution is -2.59. The van der Waals surface area contributed by atoms with E-state index in [0.29, 0.717) is 19.4 Å². The molecule has 1 aliphatic rings. The fourth-order valence-corrected chi connectivity index (χ4v) is 1.45. The van der Waals surface area contributed by atoms with Gasteiger partial charge in [-0.1, -0.05) is 0 Å². The minimum atomic E-state index is -0.995. The van der Waals surface area contributed by atoms with Crippen LogP contribution in [0, 0.1) is 0 Å². The molecule has 0 aromatic heterocycles. The van der Waals surface area contributed by atoms with Crippen molar-refractivity contribution in [3.8, 4) is 0 Å². The highest BCUT2D eigenvalue weighted by Crippen LogP contribution is 2.31. The van der Waals surface area contributed by atoms with E-state index >= 15 is 0 Å². The second kappa shape index (κ2) is 4.41. The summed E-state index contributed by atoms with van der Waals surface area (Å²) in [4.78, 5) is 22.1. The molecule has 80 valence electrons. The number of aliphatic carboxylic acids is 1. The quantitative estimate of drug-likeness (QED) is 0.663. The smallest absolute Gasteiger partial charge is 0.329 e. The van der Waals surface area contributed by atoms with Gasteiger partial charge in [0.2, 0.25) is 5.91 Å². The summed E-state index contributed by atoms with van der Waals surface area (Å²) in [7, 11) is 1.50. The summed E-state index contributed by atoms with van der Waals surface area (Å²) in [5.74, 6) is -1.19. The summed E-state index contributed by atoms with van der Waals surface area (Å²) in [6, 6.07) is 0. The molecule has 1 fully saturated rings. The topological polar surface area (TPSA) is 75.6 Å². The maximum atomic E-state index is 11.3. The second-order valence-electron chi connectivity index (χ2n) is 3.53. The van der Waals surface area contributed by atoms with Gasteiger partial charge in [-0.15, -0.1) is 0 Å². The van der Waals surface area contributed by atoms with E-state index in [4.69, 9.17) is 9.84 Å². The molecule has 5 heteroatoms. The zero-order valence-electron chi connectivity index (χ0n) is 8.21. The molecular formula is C9H15NO4. The van der Waals surface area contributed by atoms with E-state index in [9.17, 15) is 9.59 Å². The first-order chi connectivity index (χ1) is 6.60. The molecule has 1 aliphatic carbocycles. The highest BCUT2D eigenvalue weighted by Gasteiger charge is 2.45. The van der Waals surface area contributed by atoms with Crippen LogP contribution in [-0.2, 0) is 14.3 Å². The molecule has 1 rings (SSSR count). The maximum absolute atomic E-state index is 11.3. The summed E-state index contributed by atoms with van der Waals surface area (Å²) in [5.41, 5.74) is -0.995. The summed E-state index contributed by atoms with van der Waals surface area (Å²) < 4.78 is 4.73. The van der Waals surface area contributed by atoms with Crippen molar-refractivity contribution in [1.82, 2.24) is 5.32 Å². The molecule has 0 aromatic carbocycles. The van der Waals surface area contributed by atoms with Gasteiger partial charge < -0.3 is 15.2 Å². The van der Waals surface area contributed by atoms with Crippen LogP contribution in [0.3, 0.4) is 0 Å². The first-order valence-corrected chi connectivity index (χ1v) is 4.64. The van der Waals surface area contributed by atoms with Crippen molar-refractivity contribution in [2.24, 2.45) is 0 Å². The summed E-state index contributed by atoms with van der Waals surface area (Å²) in [6.07, 6.45) is 2.13. The first-order valence-electron chi connectivity index (χ1n) is 4.64. The third-order valence-corrected chi connectivity index (χ3v) is 2.53. The van der Waals surface area contributed by atoms with E-state index in [1.807, 2.05) is 0 Å². The monoisotopic (exact) mass is 201 g/mol. The number of methoxy groups -OCH3 is 1. The SMILES string of the molecule is COCCC(=O)NC1(C(=O)O)CCC1. The van der Waals surface area contributed by atoms with Crippen molar-refractivity contribution in [3.63, 3.8) is 0 Å². The summed E-state index contributed by atoms with van der Waals surface area (Å²) in [6.45, 7) is 0.321. The van der Waals surface area contributed by atoms with Crippen LogP contribution in [0.5, 0.6) is 0 Å². The number of nitrogens with one attached hydrogen (secondary N) is 1. The first kappa shape index (κ1) is 11.0. The van der Waals surface area contributed by atoms with Gasteiger partial charge in [0.25, 0.3) is 0 Å². The molecule has 0 saturated heterocycles. The Labute approximate surface area is 82.4 Å². The van der Waals surface area contributed by atoms with E-state index in [1.54, 1.807) is 0 Å². The fourth-order valence-electron chi connectivity index (χ4n) is 1.45. The van der Waals surface area contributed by atoms with Gasteiger partial charge in [-0.25, -0.2) is 4.79 Å². The van der Waals surface area contributed by atoms with Crippen molar-refractivity contribution < 1.29 is 19.4 Å². The van der Waals surface area contributed by atoms with E-state index in [1.165, 1.54) is 7.11 Å². The van der Waals surface area contributed by atoms with Crippen molar-refractivity contribution in [1.29, 1.82) is 0 Å². The molecule has 2 N–H and O–H groups in total. The average molecular weight is 201 g/mol. The van der Waals surface area contributed by atoms with Crippen LogP contribution in [0.4, 0.5) is 0 Å². The predicted octanol–water partition coefficient (Wildman–Crippen LogP) is 0.146. The lowest BCUT2D eigenvalue weighted by atomic mass is 9.76. The van der Waals surface area contributed by atoms with Crippen molar-refractivity contribution >= 4 is 11.9 Å². The lowest BCUT2D eigenvalue weighted by molar-refractivity contribution is -0.151. The van der Waals surface area contributed by atoms with E-state index < -0.39 is 11.5 Å². The van der Waals surface area contributed by atoms with Crippen LogP contribution < -0.4 is 5.32 Å². The normalized spacial score (nSPS) is 18.4. The van der Waals surface area contributed by atoms with Crippen LogP contribution in [0.25, 0.3) is 0 Å². The van der Waals surface area contributed by atoms with Gasteiger partial charge in [0.1, 0.15) is 5.54 Å². The van der Waals surface area contributed by atoms with E-state index in [0.717, 1.165) is 6.42 Å². The molecule has 0 aromatic rings. The summed E-state index contributed by atoms with van der Waals surface area (Å²) >= 11 is 0. The molecule has 0 bridgehead atoms. The molecule has 5 nitrogen and oxygen atoms in total. The van der Waals surface area contributed by atoms with Crippen molar-refractivity contribution in [2.75, 3.05) is 13.7 Å². The molecule has 0 spiro atoms. The third-order valence-electron chi connectivity index (χ3n) is 2.53. The molecule has 0 atom stereocenters. The van der Waals surface area contributed by atoms with Crippen LogP contribution in [0.1, 0.15) is 25.7 Å². The largest absolute Gasteiger partial charge is 0.480 e. The molecule has 0 aliphatic heterocycles. The number of carbonyl (C=O) groups is 2. The minimum absolute atomic E-state index is 0.214. The number of carboxylic acids is 1. The van der Waals surface area contributed by atoms with Crippen LogP contribution >= 0.6 is 0 Å². The Balaban J connectivity index is 2.41. The zero-order chi connectivity index (χ0) is 10.6. The third kappa shape index (κ3) is 2.23. The van der Waals surface area contributed by atoms with E-state index in [-0.39, 0.29) is 12.3 Å². The van der Waals surface area contributed by atoms with Gasteiger partial charge in [-0.05, 0) is 19.3 Å². The van der Waals surface area contributed by atoms with Gasteiger partial charge >= 0.3 is 5.97 Å². The number of rotatable bonds is 5. The second-order valence-corrected chi connectivity index (χ2v) is 3.53. The predicted molar refractivity (Wildman–Crippen MR) is 48.9 cm³/mol. The van der Waals surface area contributed by atoms with Gasteiger partial charge in [0, 0.05) is 13.5 Å². The van der Waals surface area contributed by atoms with Crippen LogP contribution in [0.15, 0.2) is 0 Å². The fraction of sp³-hybridized carbons (Fsp3) is 0.778. The molecule has 0 heterocycles. The number of carboxylic acid groups (broad SMARTS) is 1. The lowest BCUT2D eigenvalue weighted by Gasteiger charge is -2.38. The molecule has 0 unspecified atom stereocenters. The molecule has 1 amide bonds. The Kier molecular flexibility index (Phi) is 3.46.